The molecular formula is C8H18ClN. The Morgan fingerprint density at radius 2 is 2.20 bits per heavy atom. The summed E-state index contributed by atoms with van der Waals surface area (Å²) in [6.45, 7) is 7.24. The fourth-order valence-corrected chi connectivity index (χ4v) is 1.61. The molecule has 0 N–H and O–H groups in total. The Labute approximate surface area is 70.2 Å². The Bertz CT molecular complexity index is 85.3. The van der Waals surface area contributed by atoms with Crippen LogP contribution in [0.15, 0.2) is 0 Å². The molecule has 0 amide bonds. The summed E-state index contributed by atoms with van der Waals surface area (Å²) in [6, 6.07) is 0.866. The van der Waals surface area contributed by atoms with Crippen LogP contribution < -0.4 is 0 Å². The van der Waals surface area contributed by atoms with Gasteiger partial charge in [-0.05, 0) is 39.3 Å². The lowest BCUT2D eigenvalue weighted by atomic mass is 10.2. The highest BCUT2D eigenvalue weighted by Gasteiger charge is 2.17. The van der Waals surface area contributed by atoms with Gasteiger partial charge in [0, 0.05) is 6.04 Å². The first-order valence-corrected chi connectivity index (χ1v) is 4.08. The molecule has 0 aliphatic carbocycles. The Morgan fingerprint density at radius 3 is 2.60 bits per heavy atom. The molecule has 1 unspecified atom stereocenters. The molecule has 1 aliphatic rings. The van der Waals surface area contributed by atoms with E-state index in [9.17, 15) is 0 Å². The normalized spacial score (nSPS) is 26.4. The van der Waals surface area contributed by atoms with E-state index in [0.717, 1.165) is 6.04 Å². The molecule has 1 aliphatic heterocycles. The van der Waals surface area contributed by atoms with Crippen LogP contribution in [0.2, 0.25) is 0 Å². The van der Waals surface area contributed by atoms with Gasteiger partial charge in [-0.3, -0.25) is 0 Å². The highest BCUT2D eigenvalue weighted by Crippen LogP contribution is 2.15. The molecule has 0 aromatic carbocycles. The molecule has 1 rings (SSSR count). The van der Waals surface area contributed by atoms with Crippen LogP contribution in [-0.2, 0) is 0 Å². The van der Waals surface area contributed by atoms with E-state index in [-0.39, 0.29) is 12.4 Å². The van der Waals surface area contributed by atoms with Crippen molar-refractivity contribution in [2.75, 3.05) is 13.1 Å². The van der Waals surface area contributed by atoms with E-state index in [4.69, 9.17) is 0 Å². The van der Waals surface area contributed by atoms with Crippen molar-refractivity contribution >= 4 is 12.4 Å². The van der Waals surface area contributed by atoms with Gasteiger partial charge in [0.2, 0.25) is 0 Å². The van der Waals surface area contributed by atoms with Gasteiger partial charge in [-0.15, -0.1) is 12.4 Å². The minimum Gasteiger partial charge on any atom is -0.301 e. The van der Waals surface area contributed by atoms with Crippen molar-refractivity contribution in [2.24, 2.45) is 0 Å². The Kier molecular flexibility index (Phi) is 5.10. The van der Waals surface area contributed by atoms with E-state index in [1.165, 1.54) is 32.4 Å². The van der Waals surface area contributed by atoms with Gasteiger partial charge in [0.25, 0.3) is 0 Å². The lowest BCUT2D eigenvalue weighted by Crippen LogP contribution is -2.27. The average molecular weight is 164 g/mol. The number of rotatable bonds is 2. The molecule has 62 valence electrons. The summed E-state index contributed by atoms with van der Waals surface area (Å²) in [5.41, 5.74) is 0. The molecule has 2 heteroatoms. The van der Waals surface area contributed by atoms with Gasteiger partial charge < -0.3 is 4.90 Å². The van der Waals surface area contributed by atoms with Crippen molar-refractivity contribution in [1.82, 2.24) is 4.90 Å². The third kappa shape index (κ3) is 2.47. The molecule has 1 heterocycles. The first-order chi connectivity index (χ1) is 4.34. The van der Waals surface area contributed by atoms with E-state index >= 15 is 0 Å². The number of hydrogen-bond donors (Lipinski definition) is 0. The predicted octanol–water partition coefficient (Wildman–Crippen LogP) is 2.30. The molecule has 0 radical (unpaired) electrons. The summed E-state index contributed by atoms with van der Waals surface area (Å²) in [5.74, 6) is 0. The van der Waals surface area contributed by atoms with Crippen LogP contribution in [0.4, 0.5) is 0 Å². The summed E-state index contributed by atoms with van der Waals surface area (Å²) < 4.78 is 0. The third-order valence-corrected chi connectivity index (χ3v) is 2.20. The summed E-state index contributed by atoms with van der Waals surface area (Å²) >= 11 is 0. The SMILES string of the molecule is CCCN1CCCC1C.Cl. The second kappa shape index (κ2) is 4.97. The van der Waals surface area contributed by atoms with Crippen molar-refractivity contribution in [1.29, 1.82) is 0 Å². The Morgan fingerprint density at radius 1 is 1.50 bits per heavy atom. The lowest BCUT2D eigenvalue weighted by molar-refractivity contribution is 0.269. The minimum atomic E-state index is 0. The monoisotopic (exact) mass is 163 g/mol. The van der Waals surface area contributed by atoms with Gasteiger partial charge in [0.05, 0.1) is 0 Å². The zero-order valence-electron chi connectivity index (χ0n) is 6.97. The number of halogens is 1. The maximum atomic E-state index is 2.58. The van der Waals surface area contributed by atoms with E-state index in [1.54, 1.807) is 0 Å². The standard InChI is InChI=1S/C8H17N.ClH/c1-3-6-9-7-4-5-8(9)2;/h8H,3-7H2,1-2H3;1H. The predicted molar refractivity (Wildman–Crippen MR) is 47.8 cm³/mol. The molecule has 1 nitrogen and oxygen atoms in total. The smallest absolute Gasteiger partial charge is 0.00673 e. The van der Waals surface area contributed by atoms with Gasteiger partial charge in [-0.1, -0.05) is 6.92 Å². The molecular weight excluding hydrogens is 146 g/mol. The molecule has 1 fully saturated rings. The third-order valence-electron chi connectivity index (χ3n) is 2.20. The van der Waals surface area contributed by atoms with Crippen LogP contribution in [0, 0.1) is 0 Å². The van der Waals surface area contributed by atoms with Crippen LogP contribution in [0.1, 0.15) is 33.1 Å². The summed E-state index contributed by atoms with van der Waals surface area (Å²) in [4.78, 5) is 2.58. The first kappa shape index (κ1) is 10.2. The zero-order chi connectivity index (χ0) is 6.69. The van der Waals surface area contributed by atoms with Gasteiger partial charge in [-0.25, -0.2) is 0 Å². The largest absolute Gasteiger partial charge is 0.301 e. The Balaban J connectivity index is 0.000000810. The molecule has 1 saturated heterocycles. The summed E-state index contributed by atoms with van der Waals surface area (Å²) in [7, 11) is 0. The van der Waals surface area contributed by atoms with Crippen molar-refractivity contribution in [3.63, 3.8) is 0 Å². The van der Waals surface area contributed by atoms with Gasteiger partial charge in [-0.2, -0.15) is 0 Å². The number of nitrogens with zero attached hydrogens (tertiary/aromatic N) is 1. The number of hydrogen-bond acceptors (Lipinski definition) is 1. The topological polar surface area (TPSA) is 3.24 Å². The van der Waals surface area contributed by atoms with Crippen LogP contribution >= 0.6 is 12.4 Å². The van der Waals surface area contributed by atoms with Crippen LogP contribution in [0.25, 0.3) is 0 Å². The van der Waals surface area contributed by atoms with E-state index in [2.05, 4.69) is 18.7 Å². The second-order valence-electron chi connectivity index (χ2n) is 3.03. The molecule has 0 aromatic heterocycles. The number of likely N-dealkylation sites (tertiary alicyclic amines) is 1. The second-order valence-corrected chi connectivity index (χ2v) is 3.03. The highest BCUT2D eigenvalue weighted by atomic mass is 35.5. The van der Waals surface area contributed by atoms with Crippen LogP contribution in [-0.4, -0.2) is 24.0 Å². The van der Waals surface area contributed by atoms with E-state index < -0.39 is 0 Å². The fourth-order valence-electron chi connectivity index (χ4n) is 1.61. The minimum absolute atomic E-state index is 0. The highest BCUT2D eigenvalue weighted by molar-refractivity contribution is 5.85. The quantitative estimate of drug-likeness (QED) is 0.604. The first-order valence-electron chi connectivity index (χ1n) is 4.08. The van der Waals surface area contributed by atoms with Gasteiger partial charge in [0.1, 0.15) is 0 Å². The molecule has 0 aromatic rings. The molecule has 10 heavy (non-hydrogen) atoms. The van der Waals surface area contributed by atoms with Crippen LogP contribution in [0.3, 0.4) is 0 Å². The maximum Gasteiger partial charge on any atom is 0.00673 e. The maximum absolute atomic E-state index is 2.58. The zero-order valence-corrected chi connectivity index (χ0v) is 7.78. The van der Waals surface area contributed by atoms with Crippen molar-refractivity contribution in [3.05, 3.63) is 0 Å². The summed E-state index contributed by atoms with van der Waals surface area (Å²) in [5, 5.41) is 0. The van der Waals surface area contributed by atoms with Crippen molar-refractivity contribution < 1.29 is 0 Å². The molecule has 0 bridgehead atoms. The van der Waals surface area contributed by atoms with Crippen LogP contribution in [0.5, 0.6) is 0 Å². The lowest BCUT2D eigenvalue weighted by Gasteiger charge is -2.19. The molecule has 1 atom stereocenters. The van der Waals surface area contributed by atoms with Crippen molar-refractivity contribution in [2.45, 2.75) is 39.2 Å². The Hall–Kier alpha value is 0.250. The molecule has 0 saturated carbocycles. The van der Waals surface area contributed by atoms with Gasteiger partial charge in [0.15, 0.2) is 0 Å². The summed E-state index contributed by atoms with van der Waals surface area (Å²) in [6.07, 6.45) is 4.14. The van der Waals surface area contributed by atoms with Crippen molar-refractivity contribution in [3.8, 4) is 0 Å². The van der Waals surface area contributed by atoms with Gasteiger partial charge >= 0.3 is 0 Å². The van der Waals surface area contributed by atoms with E-state index in [1.807, 2.05) is 0 Å². The molecule has 0 spiro atoms. The average Bonchev–Trinajstić information content (AvgIpc) is 2.18. The fraction of sp³-hybridized carbons (Fsp3) is 1.00. The van der Waals surface area contributed by atoms with E-state index in [0.29, 0.717) is 0 Å².